The van der Waals surface area contributed by atoms with Crippen LogP contribution in [0.5, 0.6) is 17.2 Å². The summed E-state index contributed by atoms with van der Waals surface area (Å²) in [5.74, 6) is 0.999. The number of carbonyl (C=O) groups excluding carboxylic acids is 1. The Labute approximate surface area is 183 Å². The number of anilines is 1. The highest BCUT2D eigenvalue weighted by molar-refractivity contribution is 7.80. The van der Waals surface area contributed by atoms with E-state index in [1.54, 1.807) is 12.1 Å². The van der Waals surface area contributed by atoms with Crippen LogP contribution in [0.2, 0.25) is 0 Å². The first-order valence-electron chi connectivity index (χ1n) is 9.90. The Morgan fingerprint density at radius 2 is 1.47 bits per heavy atom. The van der Waals surface area contributed by atoms with Gasteiger partial charge in [-0.05, 0) is 82.2 Å². The second kappa shape index (κ2) is 11.3. The smallest absolute Gasteiger partial charge is 0.269 e. The van der Waals surface area contributed by atoms with Gasteiger partial charge in [0.2, 0.25) is 5.75 Å². The van der Waals surface area contributed by atoms with E-state index in [-0.39, 0.29) is 11.0 Å². The molecule has 0 atom stereocenters. The van der Waals surface area contributed by atoms with Crippen molar-refractivity contribution in [2.24, 2.45) is 0 Å². The number of rotatable bonds is 8. The van der Waals surface area contributed by atoms with Gasteiger partial charge in [0.05, 0.1) is 19.8 Å². The van der Waals surface area contributed by atoms with Crippen molar-refractivity contribution in [3.8, 4) is 17.2 Å². The van der Waals surface area contributed by atoms with Gasteiger partial charge < -0.3 is 19.5 Å². The minimum absolute atomic E-state index is 0.271. The number of aryl methyl sites for hydroxylation is 2. The Hall–Kier alpha value is -3.00. The monoisotopic (exact) mass is 431 g/mol. The van der Waals surface area contributed by atoms with E-state index in [0.717, 1.165) is 11.3 Å². The molecule has 162 valence electrons. The maximum absolute atomic E-state index is 12.7. The van der Waals surface area contributed by atoms with Crippen LogP contribution in [-0.2, 0) is 0 Å². The number of amides is 1. The van der Waals surface area contributed by atoms with Crippen LogP contribution in [0.15, 0.2) is 30.3 Å². The van der Waals surface area contributed by atoms with Gasteiger partial charge in [-0.15, -0.1) is 0 Å². The Bertz CT molecular complexity index is 875. The molecule has 30 heavy (non-hydrogen) atoms. The molecular formula is C22H29N3O4S. The molecular weight excluding hydrogens is 402 g/mol. The third kappa shape index (κ3) is 6.25. The van der Waals surface area contributed by atoms with E-state index in [1.807, 2.05) is 52.8 Å². The zero-order valence-electron chi connectivity index (χ0n) is 18.0. The molecule has 0 heterocycles. The van der Waals surface area contributed by atoms with Crippen molar-refractivity contribution in [2.45, 2.75) is 34.6 Å². The molecule has 0 bridgehead atoms. The summed E-state index contributed by atoms with van der Waals surface area (Å²) in [6, 6.07) is 9.15. The van der Waals surface area contributed by atoms with Crippen molar-refractivity contribution in [1.29, 1.82) is 0 Å². The number of carbonyl (C=O) groups is 1. The lowest BCUT2D eigenvalue weighted by Gasteiger charge is -2.17. The van der Waals surface area contributed by atoms with E-state index in [2.05, 4.69) is 16.2 Å². The summed E-state index contributed by atoms with van der Waals surface area (Å²) in [4.78, 5) is 12.7. The maximum atomic E-state index is 12.7. The lowest BCUT2D eigenvalue weighted by molar-refractivity contribution is 0.0943. The molecule has 0 saturated heterocycles. The first-order valence-corrected chi connectivity index (χ1v) is 10.3. The van der Waals surface area contributed by atoms with Crippen LogP contribution in [0.1, 0.15) is 42.3 Å². The highest BCUT2D eigenvalue weighted by atomic mass is 32.1. The highest BCUT2D eigenvalue weighted by Gasteiger charge is 2.18. The predicted octanol–water partition coefficient (Wildman–Crippen LogP) is 4.13. The molecule has 0 aliphatic carbocycles. The van der Waals surface area contributed by atoms with Gasteiger partial charge >= 0.3 is 0 Å². The zero-order chi connectivity index (χ0) is 22.1. The van der Waals surface area contributed by atoms with Crippen LogP contribution in [0, 0.1) is 13.8 Å². The number of hydrogen-bond acceptors (Lipinski definition) is 5. The first-order chi connectivity index (χ1) is 14.4. The molecule has 0 aromatic heterocycles. The molecule has 0 radical (unpaired) electrons. The summed E-state index contributed by atoms with van der Waals surface area (Å²) < 4.78 is 17.0. The first kappa shape index (κ1) is 23.3. The summed E-state index contributed by atoms with van der Waals surface area (Å²) >= 11 is 5.26. The number of ether oxygens (including phenoxy) is 3. The normalized spacial score (nSPS) is 10.2. The number of benzene rings is 2. The summed E-state index contributed by atoms with van der Waals surface area (Å²) in [5.41, 5.74) is 8.83. The number of hydrazine groups is 1. The molecule has 0 spiro atoms. The van der Waals surface area contributed by atoms with Crippen molar-refractivity contribution >= 4 is 28.9 Å². The number of nitrogens with one attached hydrogen (secondary N) is 3. The van der Waals surface area contributed by atoms with Crippen LogP contribution >= 0.6 is 12.2 Å². The van der Waals surface area contributed by atoms with Crippen molar-refractivity contribution in [3.63, 3.8) is 0 Å². The summed E-state index contributed by atoms with van der Waals surface area (Å²) in [7, 11) is 0. The van der Waals surface area contributed by atoms with Crippen LogP contribution in [0.4, 0.5) is 5.69 Å². The van der Waals surface area contributed by atoms with E-state index >= 15 is 0 Å². The van der Waals surface area contributed by atoms with Crippen LogP contribution in [-0.4, -0.2) is 30.8 Å². The van der Waals surface area contributed by atoms with Gasteiger partial charge in [0.25, 0.3) is 5.91 Å². The molecule has 2 rings (SSSR count). The number of hydrogen-bond donors (Lipinski definition) is 3. The van der Waals surface area contributed by atoms with Gasteiger partial charge in [-0.25, -0.2) is 0 Å². The van der Waals surface area contributed by atoms with Crippen molar-refractivity contribution in [3.05, 3.63) is 47.0 Å². The Morgan fingerprint density at radius 3 is 2.00 bits per heavy atom. The largest absolute Gasteiger partial charge is 0.490 e. The highest BCUT2D eigenvalue weighted by Crippen LogP contribution is 2.39. The zero-order valence-corrected chi connectivity index (χ0v) is 18.9. The third-order valence-electron chi connectivity index (χ3n) is 4.23. The average Bonchev–Trinajstić information content (AvgIpc) is 2.71. The molecule has 7 nitrogen and oxygen atoms in total. The van der Waals surface area contributed by atoms with E-state index in [9.17, 15) is 4.79 Å². The lowest BCUT2D eigenvalue weighted by Crippen LogP contribution is -2.43. The SMILES string of the molecule is CCOc1cc(C(=O)NNC(=S)Nc2ccc(C)c(C)c2)cc(OCC)c1OCC. The van der Waals surface area contributed by atoms with Crippen LogP contribution < -0.4 is 30.4 Å². The topological polar surface area (TPSA) is 80.9 Å². The van der Waals surface area contributed by atoms with Gasteiger partial charge in [-0.1, -0.05) is 6.07 Å². The summed E-state index contributed by atoms with van der Waals surface area (Å²) in [6.45, 7) is 11.0. The Morgan fingerprint density at radius 1 is 0.867 bits per heavy atom. The second-order valence-corrected chi connectivity index (χ2v) is 6.84. The van der Waals surface area contributed by atoms with E-state index in [1.165, 1.54) is 5.56 Å². The fourth-order valence-corrected chi connectivity index (χ4v) is 2.86. The molecule has 2 aromatic rings. The molecule has 0 fully saturated rings. The molecule has 0 saturated carbocycles. The average molecular weight is 432 g/mol. The Kier molecular flexibility index (Phi) is 8.73. The number of thiocarbonyl (C=S) groups is 1. The quantitative estimate of drug-likeness (QED) is 0.428. The molecule has 3 N–H and O–H groups in total. The van der Waals surface area contributed by atoms with Gasteiger partial charge in [-0.2, -0.15) is 0 Å². The van der Waals surface area contributed by atoms with E-state index in [4.69, 9.17) is 26.4 Å². The minimum atomic E-state index is -0.385. The van der Waals surface area contributed by atoms with Crippen LogP contribution in [0.3, 0.4) is 0 Å². The molecule has 0 aliphatic rings. The Balaban J connectivity index is 2.11. The van der Waals surface area contributed by atoms with Crippen molar-refractivity contribution in [1.82, 2.24) is 10.9 Å². The van der Waals surface area contributed by atoms with Gasteiger partial charge in [-0.3, -0.25) is 15.6 Å². The maximum Gasteiger partial charge on any atom is 0.269 e. The summed E-state index contributed by atoms with van der Waals surface area (Å²) in [5, 5.41) is 3.31. The minimum Gasteiger partial charge on any atom is -0.490 e. The molecule has 0 aliphatic heterocycles. The molecule has 1 amide bonds. The van der Waals surface area contributed by atoms with E-state index in [0.29, 0.717) is 42.6 Å². The predicted molar refractivity (Wildman–Crippen MR) is 123 cm³/mol. The molecule has 0 unspecified atom stereocenters. The van der Waals surface area contributed by atoms with Gasteiger partial charge in [0.1, 0.15) is 0 Å². The van der Waals surface area contributed by atoms with Crippen LogP contribution in [0.25, 0.3) is 0 Å². The molecule has 8 heteroatoms. The third-order valence-corrected chi connectivity index (χ3v) is 4.43. The molecule has 2 aromatic carbocycles. The van der Waals surface area contributed by atoms with Gasteiger partial charge in [0.15, 0.2) is 16.6 Å². The van der Waals surface area contributed by atoms with Crippen molar-refractivity contribution < 1.29 is 19.0 Å². The van der Waals surface area contributed by atoms with Crippen molar-refractivity contribution in [2.75, 3.05) is 25.1 Å². The fraction of sp³-hybridized carbons (Fsp3) is 0.364. The standard InChI is InChI=1S/C22H29N3O4S/c1-6-27-18-12-16(13-19(28-7-2)20(18)29-8-3)21(26)24-25-22(30)23-17-10-9-14(4)15(5)11-17/h9-13H,6-8H2,1-5H3,(H,24,26)(H2,23,25,30). The summed E-state index contributed by atoms with van der Waals surface area (Å²) in [6.07, 6.45) is 0. The fourth-order valence-electron chi connectivity index (χ4n) is 2.69. The van der Waals surface area contributed by atoms with E-state index < -0.39 is 0 Å². The second-order valence-electron chi connectivity index (χ2n) is 6.43. The van der Waals surface area contributed by atoms with Gasteiger partial charge in [0, 0.05) is 11.3 Å². The lowest BCUT2D eigenvalue weighted by atomic mass is 10.1.